The van der Waals surface area contributed by atoms with Crippen molar-refractivity contribution in [2.75, 3.05) is 0 Å². The van der Waals surface area contributed by atoms with Crippen molar-refractivity contribution >= 4 is 35.8 Å². The fourth-order valence-corrected chi connectivity index (χ4v) is 1.77. The number of carboxylic acids is 5. The SMILES string of the molecule is O.O=C(O)CC(O)(CC(=O)OC(CC(=O)O)(CC(=O)O)C(=O)O)C(=O)O.[H-].[H-].[H-].[K+].[K+].[K+]. The fraction of sp³-hybridized carbons (Fsp3) is 0.500. The molecule has 8 N–H and O–H groups in total. The molecule has 0 spiro atoms. The summed E-state index contributed by atoms with van der Waals surface area (Å²) in [6.45, 7) is 0. The Morgan fingerprint density at radius 2 is 1.00 bits per heavy atom. The Bertz CT molecular complexity index is 619. The van der Waals surface area contributed by atoms with Gasteiger partial charge in [0.1, 0.15) is 0 Å². The van der Waals surface area contributed by atoms with Crippen LogP contribution in [0.15, 0.2) is 0 Å². The second-order valence-electron chi connectivity index (χ2n) is 5.00. The minimum atomic E-state index is -3.17. The van der Waals surface area contributed by atoms with Crippen LogP contribution < -0.4 is 154 Å². The number of rotatable bonds is 11. The van der Waals surface area contributed by atoms with Crippen molar-refractivity contribution in [2.24, 2.45) is 0 Å². The molecule has 0 radical (unpaired) electrons. The average molecular weight is 505 g/mol. The van der Waals surface area contributed by atoms with Crippen LogP contribution >= 0.6 is 0 Å². The predicted molar refractivity (Wildman–Crippen MR) is 77.4 cm³/mol. The molecule has 0 heterocycles. The predicted octanol–water partition coefficient (Wildman–Crippen LogP) is -11.5. The van der Waals surface area contributed by atoms with Gasteiger partial charge < -0.3 is 45.1 Å². The molecule has 1 atom stereocenters. The first-order chi connectivity index (χ1) is 11.2. The van der Waals surface area contributed by atoms with Crippen LogP contribution in [-0.4, -0.2) is 83.1 Å². The van der Waals surface area contributed by atoms with Gasteiger partial charge in [-0.1, -0.05) is 0 Å². The van der Waals surface area contributed by atoms with Gasteiger partial charge in [0.2, 0.25) is 5.60 Å². The Hall–Kier alpha value is 1.65. The molecule has 0 rings (SSSR count). The molecule has 29 heavy (non-hydrogen) atoms. The summed E-state index contributed by atoms with van der Waals surface area (Å²) in [5.74, 6) is -11.6. The van der Waals surface area contributed by atoms with Gasteiger partial charge in [0.05, 0.1) is 25.7 Å². The van der Waals surface area contributed by atoms with E-state index in [1.807, 2.05) is 0 Å². The number of hydrogen-bond acceptors (Lipinski definition) is 8. The summed E-state index contributed by atoms with van der Waals surface area (Å²) < 4.78 is 4.33. The Balaban J connectivity index is -0.000000137. The Labute approximate surface area is 294 Å². The first-order valence-electron chi connectivity index (χ1n) is 6.30. The van der Waals surface area contributed by atoms with Gasteiger partial charge in [-0.2, -0.15) is 0 Å². The number of aliphatic carboxylic acids is 5. The molecule has 0 aliphatic carbocycles. The van der Waals surface area contributed by atoms with E-state index in [-0.39, 0.29) is 164 Å². The molecule has 0 saturated carbocycles. The molecule has 0 aromatic rings. The third-order valence-corrected chi connectivity index (χ3v) is 2.85. The standard InChI is InChI=1S/C12H14O13.3K.H2O.3H/c13-5(14)1-11(24,9(20)21)4-8(19)25-12(10(22)23,2-6(15)16)3-7(17)18;;;;;;;/h24H,1-4H2,(H,13,14)(H,15,16)(H,17,18)(H,20,21)(H,22,23);;;;1H2;;;/q;3*+1;;3*-1. The zero-order valence-electron chi connectivity index (χ0n) is 18.9. The normalized spacial score (nSPS) is 11.5. The molecule has 0 fully saturated rings. The number of esters is 1. The number of ether oxygens (including phenoxy) is 1. The molecule has 1 unspecified atom stereocenters. The van der Waals surface area contributed by atoms with Gasteiger partial charge in [-0.05, 0) is 0 Å². The average Bonchev–Trinajstić information content (AvgIpc) is 2.34. The van der Waals surface area contributed by atoms with Gasteiger partial charge in [0, 0.05) is 0 Å². The van der Waals surface area contributed by atoms with Crippen molar-refractivity contribution in [1.82, 2.24) is 0 Å². The van der Waals surface area contributed by atoms with Gasteiger partial charge in [-0.25, -0.2) is 9.59 Å². The zero-order valence-corrected chi connectivity index (χ0v) is 25.2. The topological polar surface area (TPSA) is 265 Å². The minimum Gasteiger partial charge on any atom is -1.00 e. The summed E-state index contributed by atoms with van der Waals surface area (Å²) >= 11 is 0. The summed E-state index contributed by atoms with van der Waals surface area (Å²) in [6.07, 6.45) is -5.94. The van der Waals surface area contributed by atoms with Crippen molar-refractivity contribution in [3.05, 3.63) is 0 Å². The second kappa shape index (κ2) is 18.1. The van der Waals surface area contributed by atoms with E-state index in [1.54, 1.807) is 0 Å². The molecular weight excluding hydrogens is 485 g/mol. The van der Waals surface area contributed by atoms with Crippen LogP contribution in [0.25, 0.3) is 0 Å². The van der Waals surface area contributed by atoms with E-state index in [4.69, 9.17) is 25.5 Å². The quantitative estimate of drug-likeness (QED) is 0.113. The molecular formula is C12H19K3O14. The van der Waals surface area contributed by atoms with Gasteiger partial charge >= 0.3 is 190 Å². The van der Waals surface area contributed by atoms with Crippen molar-refractivity contribution in [1.29, 1.82) is 0 Å². The molecule has 0 aromatic carbocycles. The van der Waals surface area contributed by atoms with Crippen molar-refractivity contribution in [3.8, 4) is 0 Å². The number of carbonyl (C=O) groups is 6. The fourth-order valence-electron chi connectivity index (χ4n) is 1.77. The van der Waals surface area contributed by atoms with E-state index in [0.717, 1.165) is 0 Å². The molecule has 0 aliphatic rings. The largest absolute Gasteiger partial charge is 1.00 e. The summed E-state index contributed by atoms with van der Waals surface area (Å²) in [5.41, 5.74) is -6.24. The maximum absolute atomic E-state index is 11.7. The van der Waals surface area contributed by atoms with Gasteiger partial charge in [-0.3, -0.25) is 19.2 Å². The van der Waals surface area contributed by atoms with Gasteiger partial charge in [-0.15, -0.1) is 0 Å². The number of carboxylic acid groups (broad SMARTS) is 5. The van der Waals surface area contributed by atoms with E-state index in [2.05, 4.69) is 4.74 Å². The van der Waals surface area contributed by atoms with E-state index in [0.29, 0.717) is 0 Å². The molecule has 17 heteroatoms. The number of hydrogen-bond donors (Lipinski definition) is 6. The molecule has 0 amide bonds. The van der Waals surface area contributed by atoms with Crippen molar-refractivity contribution < 1.29 is 228 Å². The molecule has 154 valence electrons. The third kappa shape index (κ3) is 15.2. The molecule has 0 aromatic heterocycles. The van der Waals surface area contributed by atoms with Gasteiger partial charge in [0.25, 0.3) is 0 Å². The van der Waals surface area contributed by atoms with E-state index >= 15 is 0 Å². The van der Waals surface area contributed by atoms with Crippen LogP contribution in [0.1, 0.15) is 30.0 Å². The van der Waals surface area contributed by atoms with E-state index < -0.39 is 72.7 Å². The first kappa shape index (κ1) is 41.0. The number of aliphatic hydroxyl groups is 1. The van der Waals surface area contributed by atoms with E-state index in [9.17, 15) is 33.9 Å². The summed E-state index contributed by atoms with van der Waals surface area (Å²) in [6, 6.07) is 0. The van der Waals surface area contributed by atoms with E-state index in [1.165, 1.54) is 0 Å². The maximum Gasteiger partial charge on any atom is 1.00 e. The Morgan fingerprint density at radius 1 is 0.655 bits per heavy atom. The Morgan fingerprint density at radius 3 is 1.24 bits per heavy atom. The van der Waals surface area contributed by atoms with Crippen LogP contribution in [-0.2, 0) is 33.5 Å². The summed E-state index contributed by atoms with van der Waals surface area (Å²) in [7, 11) is 0. The van der Waals surface area contributed by atoms with Gasteiger partial charge in [0.15, 0.2) is 5.60 Å². The molecule has 0 bridgehead atoms. The summed E-state index contributed by atoms with van der Waals surface area (Å²) in [4.78, 5) is 66.0. The van der Waals surface area contributed by atoms with Crippen LogP contribution in [0, 0.1) is 0 Å². The van der Waals surface area contributed by atoms with Crippen molar-refractivity contribution in [3.63, 3.8) is 0 Å². The molecule has 0 aliphatic heterocycles. The first-order valence-corrected chi connectivity index (χ1v) is 6.30. The van der Waals surface area contributed by atoms with Crippen LogP contribution in [0.3, 0.4) is 0 Å². The monoisotopic (exact) mass is 504 g/mol. The van der Waals surface area contributed by atoms with Crippen LogP contribution in [0.4, 0.5) is 0 Å². The summed E-state index contributed by atoms with van der Waals surface area (Å²) in [5, 5.41) is 53.5. The van der Waals surface area contributed by atoms with Crippen molar-refractivity contribution in [2.45, 2.75) is 36.9 Å². The van der Waals surface area contributed by atoms with Crippen LogP contribution in [0.2, 0.25) is 0 Å². The number of carbonyl (C=O) groups excluding carboxylic acids is 1. The third-order valence-electron chi connectivity index (χ3n) is 2.85. The Kier molecular flexibility index (Phi) is 25.6. The second-order valence-corrected chi connectivity index (χ2v) is 5.00. The minimum absolute atomic E-state index is 0. The van der Waals surface area contributed by atoms with Crippen LogP contribution in [0.5, 0.6) is 0 Å². The zero-order chi connectivity index (χ0) is 20.0. The smallest absolute Gasteiger partial charge is 1.00 e. The maximum atomic E-state index is 11.7. The molecule has 0 saturated heterocycles. The molecule has 14 nitrogen and oxygen atoms in total.